The fourth-order valence-corrected chi connectivity index (χ4v) is 3.53. The Morgan fingerprint density at radius 3 is 2.63 bits per heavy atom. The van der Waals surface area contributed by atoms with Gasteiger partial charge in [0.15, 0.2) is 5.82 Å². The third kappa shape index (κ3) is 4.28. The predicted octanol–water partition coefficient (Wildman–Crippen LogP) is 4.51. The van der Waals surface area contributed by atoms with E-state index in [1.807, 2.05) is 26.8 Å². The first-order valence-electron chi connectivity index (χ1n) is 9.13. The van der Waals surface area contributed by atoms with E-state index in [-0.39, 0.29) is 23.6 Å². The molecule has 0 N–H and O–H groups in total. The Morgan fingerprint density at radius 2 is 2.00 bits per heavy atom. The number of hydrogen-bond donors (Lipinski definition) is 0. The van der Waals surface area contributed by atoms with E-state index in [1.165, 1.54) is 16.8 Å². The zero-order valence-electron chi connectivity index (χ0n) is 16.1. The smallest absolute Gasteiger partial charge is 0.410 e. The minimum absolute atomic E-state index is 0.107. The summed E-state index contributed by atoms with van der Waals surface area (Å²) < 4.78 is 34.4. The molecule has 2 unspecified atom stereocenters. The third-order valence-corrected chi connectivity index (χ3v) is 4.75. The number of piperidine rings is 1. The Bertz CT molecular complexity index is 829. The molecule has 0 bridgehead atoms. The van der Waals surface area contributed by atoms with Crippen molar-refractivity contribution in [2.45, 2.75) is 45.6 Å². The van der Waals surface area contributed by atoms with Gasteiger partial charge >= 0.3 is 6.09 Å². The van der Waals surface area contributed by atoms with Crippen LogP contribution >= 0.6 is 0 Å². The second-order valence-corrected chi connectivity index (χ2v) is 8.06. The monoisotopic (exact) mass is 377 g/mol. The van der Waals surface area contributed by atoms with Crippen molar-refractivity contribution in [3.8, 4) is 5.69 Å². The number of carbonyl (C=O) groups excluding carboxylic acids is 1. The fourth-order valence-electron chi connectivity index (χ4n) is 3.53. The maximum atomic E-state index is 14.2. The topological polar surface area (TPSA) is 47.4 Å². The van der Waals surface area contributed by atoms with Crippen LogP contribution in [0.5, 0.6) is 0 Å². The first kappa shape index (κ1) is 19.3. The number of ether oxygens (including phenoxy) is 1. The normalized spacial score (nSPS) is 20.6. The van der Waals surface area contributed by atoms with Crippen molar-refractivity contribution in [1.29, 1.82) is 0 Å². The molecule has 1 aromatic carbocycles. The molecule has 0 saturated carbocycles. The molecule has 5 nitrogen and oxygen atoms in total. The maximum Gasteiger partial charge on any atom is 0.410 e. The highest BCUT2D eigenvalue weighted by molar-refractivity contribution is 5.68. The van der Waals surface area contributed by atoms with E-state index in [4.69, 9.17) is 4.74 Å². The van der Waals surface area contributed by atoms with Gasteiger partial charge in [-0.25, -0.2) is 18.3 Å². The van der Waals surface area contributed by atoms with Crippen LogP contribution in [-0.2, 0) is 4.74 Å². The molecule has 0 aliphatic carbocycles. The number of halogens is 2. The summed E-state index contributed by atoms with van der Waals surface area (Å²) >= 11 is 0. The number of nitrogens with zero attached hydrogens (tertiary/aromatic N) is 3. The molecule has 27 heavy (non-hydrogen) atoms. The van der Waals surface area contributed by atoms with Gasteiger partial charge in [-0.2, -0.15) is 5.10 Å². The van der Waals surface area contributed by atoms with Gasteiger partial charge in [0.05, 0.1) is 0 Å². The highest BCUT2D eigenvalue weighted by Crippen LogP contribution is 2.34. The van der Waals surface area contributed by atoms with Gasteiger partial charge < -0.3 is 9.64 Å². The van der Waals surface area contributed by atoms with Gasteiger partial charge in [-0.15, -0.1) is 0 Å². The first-order valence-corrected chi connectivity index (χ1v) is 9.13. The summed E-state index contributed by atoms with van der Waals surface area (Å²) in [6.07, 6.45) is 2.02. The Labute approximate surface area is 157 Å². The van der Waals surface area contributed by atoms with Crippen molar-refractivity contribution < 1.29 is 18.3 Å². The van der Waals surface area contributed by atoms with Crippen LogP contribution in [0.2, 0.25) is 0 Å². The maximum absolute atomic E-state index is 14.2. The van der Waals surface area contributed by atoms with Crippen molar-refractivity contribution in [3.63, 3.8) is 0 Å². The summed E-state index contributed by atoms with van der Waals surface area (Å²) in [5.41, 5.74) is 0.547. The van der Waals surface area contributed by atoms with Crippen LogP contribution in [0.3, 0.4) is 0 Å². The van der Waals surface area contributed by atoms with Crippen LogP contribution in [0.25, 0.3) is 5.69 Å². The highest BCUT2D eigenvalue weighted by atomic mass is 19.1. The van der Waals surface area contributed by atoms with Gasteiger partial charge in [0.1, 0.15) is 17.1 Å². The molecule has 2 heterocycles. The largest absolute Gasteiger partial charge is 0.444 e. The molecule has 2 atom stereocenters. The minimum atomic E-state index is -0.654. The molecule has 1 amide bonds. The number of rotatable bonds is 2. The SMILES string of the molecule is CC1CN(C(=O)OC(C)(C)C)CCC1c1ccnn1-c1ccc(F)cc1F. The second kappa shape index (κ2) is 7.29. The van der Waals surface area contributed by atoms with E-state index in [9.17, 15) is 13.6 Å². The average molecular weight is 377 g/mol. The van der Waals surface area contributed by atoms with E-state index < -0.39 is 17.2 Å². The number of carbonyl (C=O) groups is 1. The van der Waals surface area contributed by atoms with Crippen molar-refractivity contribution in [2.24, 2.45) is 5.92 Å². The summed E-state index contributed by atoms with van der Waals surface area (Å²) in [7, 11) is 0. The molecule has 1 saturated heterocycles. The van der Waals surface area contributed by atoms with E-state index in [0.29, 0.717) is 13.1 Å². The fraction of sp³-hybridized carbons (Fsp3) is 0.500. The highest BCUT2D eigenvalue weighted by Gasteiger charge is 2.33. The van der Waals surface area contributed by atoms with Crippen LogP contribution < -0.4 is 0 Å². The van der Waals surface area contributed by atoms with Gasteiger partial charge in [0.2, 0.25) is 0 Å². The quantitative estimate of drug-likeness (QED) is 0.774. The van der Waals surface area contributed by atoms with E-state index in [2.05, 4.69) is 12.0 Å². The van der Waals surface area contributed by atoms with Crippen molar-refractivity contribution >= 4 is 6.09 Å². The lowest BCUT2D eigenvalue weighted by molar-refractivity contribution is 0.0153. The van der Waals surface area contributed by atoms with Crippen LogP contribution in [0.4, 0.5) is 13.6 Å². The third-order valence-electron chi connectivity index (χ3n) is 4.75. The molecule has 1 fully saturated rings. The Kier molecular flexibility index (Phi) is 5.22. The number of benzene rings is 1. The number of likely N-dealkylation sites (tertiary alicyclic amines) is 1. The summed E-state index contributed by atoms with van der Waals surface area (Å²) in [4.78, 5) is 14.0. The molecule has 3 rings (SSSR count). The lowest BCUT2D eigenvalue weighted by Gasteiger charge is -2.37. The summed E-state index contributed by atoms with van der Waals surface area (Å²) in [5.74, 6) is -1.02. The number of hydrogen-bond acceptors (Lipinski definition) is 3. The molecule has 7 heteroatoms. The number of aromatic nitrogens is 2. The van der Waals surface area contributed by atoms with Gasteiger partial charge in [0, 0.05) is 37.0 Å². The summed E-state index contributed by atoms with van der Waals surface area (Å²) in [5, 5.41) is 4.24. The van der Waals surface area contributed by atoms with E-state index in [0.717, 1.165) is 18.2 Å². The predicted molar refractivity (Wildman–Crippen MR) is 97.8 cm³/mol. The zero-order chi connectivity index (χ0) is 19.8. The summed E-state index contributed by atoms with van der Waals surface area (Å²) in [6, 6.07) is 5.32. The summed E-state index contributed by atoms with van der Waals surface area (Å²) in [6.45, 7) is 8.70. The standard InChI is InChI=1S/C20H25F2N3O2/c1-13-12-24(19(26)27-20(2,3)4)10-8-15(13)17-7-9-23-25(17)18-6-5-14(21)11-16(18)22/h5-7,9,11,13,15H,8,10,12H2,1-4H3. The van der Waals surface area contributed by atoms with Crippen molar-refractivity contribution in [3.05, 3.63) is 47.8 Å². The zero-order valence-corrected chi connectivity index (χ0v) is 16.1. The minimum Gasteiger partial charge on any atom is -0.444 e. The van der Waals surface area contributed by atoms with E-state index >= 15 is 0 Å². The Hall–Kier alpha value is -2.44. The molecule has 1 aliphatic rings. The van der Waals surface area contributed by atoms with Crippen LogP contribution in [0.1, 0.15) is 45.7 Å². The molecule has 0 radical (unpaired) electrons. The Morgan fingerprint density at radius 1 is 1.26 bits per heavy atom. The Balaban J connectivity index is 1.78. The molecule has 0 spiro atoms. The molecular formula is C20H25F2N3O2. The van der Waals surface area contributed by atoms with Crippen molar-refractivity contribution in [1.82, 2.24) is 14.7 Å². The second-order valence-electron chi connectivity index (χ2n) is 8.06. The van der Waals surface area contributed by atoms with Gasteiger partial charge in [0.25, 0.3) is 0 Å². The van der Waals surface area contributed by atoms with Crippen LogP contribution in [0.15, 0.2) is 30.5 Å². The van der Waals surface area contributed by atoms with Crippen LogP contribution in [0, 0.1) is 17.6 Å². The number of amides is 1. The van der Waals surface area contributed by atoms with Crippen molar-refractivity contribution in [2.75, 3.05) is 13.1 Å². The molecule has 146 valence electrons. The van der Waals surface area contributed by atoms with E-state index in [1.54, 1.807) is 11.1 Å². The van der Waals surface area contributed by atoms with Gasteiger partial charge in [-0.3, -0.25) is 0 Å². The first-order chi connectivity index (χ1) is 12.7. The molecule has 1 aromatic heterocycles. The average Bonchev–Trinajstić information content (AvgIpc) is 3.02. The van der Waals surface area contributed by atoms with Crippen LogP contribution in [-0.4, -0.2) is 39.5 Å². The lowest BCUT2D eigenvalue weighted by Crippen LogP contribution is -2.44. The molecule has 1 aliphatic heterocycles. The lowest BCUT2D eigenvalue weighted by atomic mass is 9.84. The van der Waals surface area contributed by atoms with Gasteiger partial charge in [-0.1, -0.05) is 6.92 Å². The van der Waals surface area contributed by atoms with Gasteiger partial charge in [-0.05, 0) is 51.3 Å². The molecular weight excluding hydrogens is 352 g/mol. The molecule has 2 aromatic rings.